The summed E-state index contributed by atoms with van der Waals surface area (Å²) in [5, 5.41) is 8.42. The van der Waals surface area contributed by atoms with Gasteiger partial charge in [-0.05, 0) is 30.5 Å². The van der Waals surface area contributed by atoms with E-state index in [-0.39, 0.29) is 35.4 Å². The Morgan fingerprint density at radius 3 is 2.79 bits per heavy atom. The monoisotopic (exact) mass is 377 g/mol. The van der Waals surface area contributed by atoms with Crippen LogP contribution in [-0.2, 0) is 17.9 Å². The number of nitrogens with zero attached hydrogens (tertiary/aromatic N) is 5. The smallest absolute Gasteiger partial charge is 0.278 e. The van der Waals surface area contributed by atoms with Crippen LogP contribution in [0.4, 0.5) is 0 Å². The Labute approximate surface area is 160 Å². The molecule has 28 heavy (non-hydrogen) atoms. The molecule has 8 nitrogen and oxygen atoms in total. The third-order valence-electron chi connectivity index (χ3n) is 5.75. The molecular weight excluding hydrogens is 358 g/mol. The largest absolute Gasteiger partial charge is 0.340 e. The molecule has 142 valence electrons. The summed E-state index contributed by atoms with van der Waals surface area (Å²) >= 11 is 0. The van der Waals surface area contributed by atoms with E-state index in [4.69, 9.17) is 0 Å². The van der Waals surface area contributed by atoms with E-state index in [0.29, 0.717) is 30.5 Å². The zero-order valence-corrected chi connectivity index (χ0v) is 15.2. The summed E-state index contributed by atoms with van der Waals surface area (Å²) in [6.45, 7) is 1.64. The molecule has 0 saturated carbocycles. The summed E-state index contributed by atoms with van der Waals surface area (Å²) < 4.78 is 2.97. The van der Waals surface area contributed by atoms with Gasteiger partial charge in [0.25, 0.3) is 11.1 Å². The molecule has 0 aliphatic carbocycles. The van der Waals surface area contributed by atoms with E-state index in [2.05, 4.69) is 10.3 Å². The highest BCUT2D eigenvalue weighted by Crippen LogP contribution is 2.34. The Bertz CT molecular complexity index is 1200. The topological polar surface area (TPSA) is 90.1 Å². The molecular formula is C20H19N5O3. The van der Waals surface area contributed by atoms with Gasteiger partial charge in [-0.15, -0.1) is 5.10 Å². The molecule has 2 aliphatic heterocycles. The van der Waals surface area contributed by atoms with E-state index in [1.807, 2.05) is 10.6 Å². The molecule has 2 aliphatic rings. The van der Waals surface area contributed by atoms with E-state index in [1.54, 1.807) is 41.3 Å². The van der Waals surface area contributed by atoms with Crippen molar-refractivity contribution in [2.24, 2.45) is 5.92 Å². The fourth-order valence-electron chi connectivity index (χ4n) is 4.46. The molecule has 0 radical (unpaired) electrons. The zero-order chi connectivity index (χ0) is 19.3. The predicted octanol–water partition coefficient (Wildman–Crippen LogP) is 0.599. The SMILES string of the molecule is O=C(Cn1nnc2ccccc2c1=O)N1C[C@H]2C[C@@H](C1)c1cccc(=O)n1C2. The quantitative estimate of drug-likeness (QED) is 0.652. The van der Waals surface area contributed by atoms with E-state index in [1.165, 1.54) is 0 Å². The molecule has 0 unspecified atom stereocenters. The maximum absolute atomic E-state index is 12.9. The summed E-state index contributed by atoms with van der Waals surface area (Å²) in [4.78, 5) is 39.4. The van der Waals surface area contributed by atoms with E-state index in [9.17, 15) is 14.4 Å². The lowest BCUT2D eigenvalue weighted by atomic mass is 9.83. The fourth-order valence-corrected chi connectivity index (χ4v) is 4.46. The maximum Gasteiger partial charge on any atom is 0.278 e. The van der Waals surface area contributed by atoms with Crippen molar-refractivity contribution < 1.29 is 4.79 Å². The number of hydrogen-bond acceptors (Lipinski definition) is 5. The maximum atomic E-state index is 12.9. The number of likely N-dealkylation sites (tertiary alicyclic amines) is 1. The van der Waals surface area contributed by atoms with Crippen LogP contribution in [0.5, 0.6) is 0 Å². The summed E-state index contributed by atoms with van der Waals surface area (Å²) in [7, 11) is 0. The van der Waals surface area contributed by atoms with Gasteiger partial charge in [0, 0.05) is 37.3 Å². The first-order valence-corrected chi connectivity index (χ1v) is 9.40. The molecule has 1 saturated heterocycles. The van der Waals surface area contributed by atoms with Gasteiger partial charge in [0.1, 0.15) is 12.1 Å². The van der Waals surface area contributed by atoms with Gasteiger partial charge >= 0.3 is 0 Å². The number of benzene rings is 1. The second-order valence-electron chi connectivity index (χ2n) is 7.57. The summed E-state index contributed by atoms with van der Waals surface area (Å²) in [5.74, 6) is 0.243. The van der Waals surface area contributed by atoms with Crippen LogP contribution >= 0.6 is 0 Å². The van der Waals surface area contributed by atoms with Crippen LogP contribution in [0.25, 0.3) is 10.9 Å². The standard InChI is InChI=1S/C20H19N5O3/c26-18-7-3-6-17-14-8-13(10-24(17)18)9-23(11-14)19(27)12-25-20(28)15-4-1-2-5-16(15)21-22-25/h1-7,13-14H,8-12H2/t13-,14+/m1/s1. The van der Waals surface area contributed by atoms with Crippen molar-refractivity contribution in [3.63, 3.8) is 0 Å². The lowest BCUT2D eigenvalue weighted by Gasteiger charge is -2.42. The van der Waals surface area contributed by atoms with Gasteiger partial charge in [-0.25, -0.2) is 4.68 Å². The summed E-state index contributed by atoms with van der Waals surface area (Å²) in [6, 6.07) is 12.3. The molecule has 5 rings (SSSR count). The Balaban J connectivity index is 1.40. The molecule has 2 atom stereocenters. The third-order valence-corrected chi connectivity index (χ3v) is 5.75. The van der Waals surface area contributed by atoms with Crippen molar-refractivity contribution in [3.05, 3.63) is 68.9 Å². The number of carbonyl (C=O) groups is 1. The second-order valence-corrected chi connectivity index (χ2v) is 7.57. The number of fused-ring (bicyclic) bond motifs is 5. The lowest BCUT2D eigenvalue weighted by Crippen LogP contribution is -2.50. The third kappa shape index (κ3) is 2.72. The van der Waals surface area contributed by atoms with Gasteiger partial charge in [0.15, 0.2) is 0 Å². The molecule has 3 aromatic rings. The highest BCUT2D eigenvalue weighted by atomic mass is 16.2. The van der Waals surface area contributed by atoms with Gasteiger partial charge in [-0.1, -0.05) is 23.4 Å². The van der Waals surface area contributed by atoms with Crippen molar-refractivity contribution in [3.8, 4) is 0 Å². The van der Waals surface area contributed by atoms with Crippen molar-refractivity contribution in [1.29, 1.82) is 0 Å². The number of piperidine rings is 1. The number of amides is 1. The van der Waals surface area contributed by atoms with Gasteiger partial charge in [0.05, 0.1) is 5.39 Å². The number of carbonyl (C=O) groups excluding carboxylic acids is 1. The normalized spacial score (nSPS) is 20.8. The van der Waals surface area contributed by atoms with E-state index < -0.39 is 0 Å². The van der Waals surface area contributed by atoms with Crippen LogP contribution in [0.1, 0.15) is 18.0 Å². The van der Waals surface area contributed by atoms with Gasteiger partial charge in [-0.3, -0.25) is 14.4 Å². The van der Waals surface area contributed by atoms with Crippen molar-refractivity contribution in [1.82, 2.24) is 24.5 Å². The van der Waals surface area contributed by atoms with Crippen LogP contribution < -0.4 is 11.1 Å². The second kappa shape index (κ2) is 6.40. The van der Waals surface area contributed by atoms with Crippen LogP contribution in [0.2, 0.25) is 0 Å². The van der Waals surface area contributed by atoms with Gasteiger partial charge in [-0.2, -0.15) is 0 Å². The first-order chi connectivity index (χ1) is 13.6. The Morgan fingerprint density at radius 1 is 1.04 bits per heavy atom. The first kappa shape index (κ1) is 16.9. The molecule has 1 aromatic carbocycles. The summed E-state index contributed by atoms with van der Waals surface area (Å²) in [6.07, 6.45) is 0.975. The minimum absolute atomic E-state index is 0.0185. The van der Waals surface area contributed by atoms with E-state index in [0.717, 1.165) is 16.8 Å². The molecule has 0 spiro atoms. The van der Waals surface area contributed by atoms with Crippen LogP contribution in [0.3, 0.4) is 0 Å². The molecule has 2 bridgehead atoms. The average Bonchev–Trinajstić information content (AvgIpc) is 2.71. The van der Waals surface area contributed by atoms with Gasteiger partial charge < -0.3 is 9.47 Å². The molecule has 2 aromatic heterocycles. The minimum atomic E-state index is -0.312. The van der Waals surface area contributed by atoms with Crippen LogP contribution in [0, 0.1) is 5.92 Å². The molecule has 0 N–H and O–H groups in total. The van der Waals surface area contributed by atoms with Crippen molar-refractivity contribution >= 4 is 16.8 Å². The Kier molecular flexibility index (Phi) is 3.85. The highest BCUT2D eigenvalue weighted by molar-refractivity contribution is 5.78. The number of aromatic nitrogens is 4. The van der Waals surface area contributed by atoms with Gasteiger partial charge in [0.2, 0.25) is 5.91 Å². The molecule has 1 fully saturated rings. The summed E-state index contributed by atoms with van der Waals surface area (Å²) in [5.41, 5.74) is 1.22. The van der Waals surface area contributed by atoms with Crippen LogP contribution in [-0.4, -0.2) is 43.5 Å². The predicted molar refractivity (Wildman–Crippen MR) is 102 cm³/mol. The van der Waals surface area contributed by atoms with Crippen molar-refractivity contribution in [2.75, 3.05) is 13.1 Å². The zero-order valence-electron chi connectivity index (χ0n) is 15.2. The fraction of sp³-hybridized carbons (Fsp3) is 0.350. The highest BCUT2D eigenvalue weighted by Gasteiger charge is 2.36. The number of hydrogen-bond donors (Lipinski definition) is 0. The number of rotatable bonds is 2. The Hall–Kier alpha value is -3.29. The van der Waals surface area contributed by atoms with Crippen LogP contribution in [0.15, 0.2) is 52.1 Å². The lowest BCUT2D eigenvalue weighted by molar-refractivity contribution is -0.134. The average molecular weight is 377 g/mol. The van der Waals surface area contributed by atoms with E-state index >= 15 is 0 Å². The first-order valence-electron chi connectivity index (χ1n) is 9.40. The molecule has 1 amide bonds. The molecule has 4 heterocycles. The Morgan fingerprint density at radius 2 is 1.89 bits per heavy atom. The number of pyridine rings is 1. The minimum Gasteiger partial charge on any atom is -0.340 e. The van der Waals surface area contributed by atoms with Crippen molar-refractivity contribution in [2.45, 2.75) is 25.4 Å². The molecule has 8 heteroatoms.